The first-order chi connectivity index (χ1) is 16.3. The third kappa shape index (κ3) is 28.1. The number of hydrogen-bond acceptors (Lipinski definition) is 1. The van der Waals surface area contributed by atoms with Crippen LogP contribution in [0, 0.1) is 5.92 Å². The van der Waals surface area contributed by atoms with Gasteiger partial charge >= 0.3 is 0 Å². The zero-order chi connectivity index (χ0) is 24.1. The molecule has 0 aromatic heterocycles. The van der Waals surface area contributed by atoms with E-state index >= 15 is 0 Å². The molecule has 1 atom stereocenters. The second-order valence-electron chi connectivity index (χ2n) is 11.1. The lowest BCUT2D eigenvalue weighted by atomic mass is 9.91. The minimum atomic E-state index is 0.390. The lowest BCUT2D eigenvalue weighted by molar-refractivity contribution is 0.241. The maximum absolute atomic E-state index is 9.43. The molecular formula is C32H66O. The average Bonchev–Trinajstić information content (AvgIpc) is 2.82. The van der Waals surface area contributed by atoms with Crippen LogP contribution in [0.4, 0.5) is 0 Å². The number of aliphatic hydroxyl groups is 1. The van der Waals surface area contributed by atoms with E-state index in [4.69, 9.17) is 0 Å². The van der Waals surface area contributed by atoms with Crippen molar-refractivity contribution in [1.29, 1.82) is 0 Å². The van der Waals surface area contributed by atoms with E-state index in [-0.39, 0.29) is 0 Å². The van der Waals surface area contributed by atoms with E-state index in [0.29, 0.717) is 6.61 Å². The summed E-state index contributed by atoms with van der Waals surface area (Å²) >= 11 is 0. The zero-order valence-electron chi connectivity index (χ0n) is 23.5. The quantitative estimate of drug-likeness (QED) is 0.109. The lowest BCUT2D eigenvalue weighted by Crippen LogP contribution is -2.03. The lowest BCUT2D eigenvalue weighted by Gasteiger charge is -2.15. The molecule has 0 fully saturated rings. The van der Waals surface area contributed by atoms with Gasteiger partial charge in [-0.2, -0.15) is 0 Å². The van der Waals surface area contributed by atoms with Gasteiger partial charge in [0.2, 0.25) is 0 Å². The summed E-state index contributed by atoms with van der Waals surface area (Å²) in [7, 11) is 0. The molecular weight excluding hydrogens is 400 g/mol. The Bertz CT molecular complexity index is 326. The van der Waals surface area contributed by atoms with E-state index < -0.39 is 0 Å². The summed E-state index contributed by atoms with van der Waals surface area (Å²) in [5.41, 5.74) is 0. The fourth-order valence-corrected chi connectivity index (χ4v) is 5.34. The van der Waals surface area contributed by atoms with Crippen molar-refractivity contribution in [2.75, 3.05) is 6.61 Å². The highest BCUT2D eigenvalue weighted by molar-refractivity contribution is 4.61. The SMILES string of the molecule is CCCCCCCCCCCCCCCCC(CCO)CCCCCCCCCCCCC. The monoisotopic (exact) mass is 467 g/mol. The number of rotatable bonds is 29. The minimum absolute atomic E-state index is 0.390. The molecule has 1 N–H and O–H groups in total. The highest BCUT2D eigenvalue weighted by atomic mass is 16.3. The Morgan fingerprint density at radius 3 is 0.818 bits per heavy atom. The van der Waals surface area contributed by atoms with Crippen LogP contribution >= 0.6 is 0 Å². The van der Waals surface area contributed by atoms with Gasteiger partial charge in [0, 0.05) is 6.61 Å². The van der Waals surface area contributed by atoms with Crippen molar-refractivity contribution in [3.8, 4) is 0 Å². The second-order valence-corrected chi connectivity index (χ2v) is 11.1. The Kier molecular flexibility index (Phi) is 30.0. The molecule has 0 aromatic carbocycles. The molecule has 0 bridgehead atoms. The standard InChI is InChI=1S/C32H66O/c1-3-5-7-9-11-13-15-16-17-19-21-23-25-27-29-32(30-31-33)28-26-24-22-20-18-14-12-10-8-6-4-2/h32-33H,3-31H2,1-2H3. The number of hydrogen-bond donors (Lipinski definition) is 1. The van der Waals surface area contributed by atoms with Crippen LogP contribution in [0.1, 0.15) is 194 Å². The van der Waals surface area contributed by atoms with Crippen LogP contribution in [0.25, 0.3) is 0 Å². The first-order valence-electron chi connectivity index (χ1n) is 16.0. The minimum Gasteiger partial charge on any atom is -0.396 e. The fraction of sp³-hybridized carbons (Fsp3) is 1.00. The molecule has 0 saturated heterocycles. The summed E-state index contributed by atoms with van der Waals surface area (Å²) in [6, 6.07) is 0. The van der Waals surface area contributed by atoms with Gasteiger partial charge in [0.1, 0.15) is 0 Å². The molecule has 0 rings (SSSR count). The van der Waals surface area contributed by atoms with Crippen LogP contribution in [-0.4, -0.2) is 11.7 Å². The van der Waals surface area contributed by atoms with E-state index in [1.165, 1.54) is 173 Å². The molecule has 0 aliphatic heterocycles. The van der Waals surface area contributed by atoms with Gasteiger partial charge < -0.3 is 5.11 Å². The summed E-state index contributed by atoms with van der Waals surface area (Å²) in [5.74, 6) is 0.783. The molecule has 33 heavy (non-hydrogen) atoms. The molecule has 0 amide bonds. The summed E-state index contributed by atoms with van der Waals surface area (Å²) in [4.78, 5) is 0. The molecule has 0 aliphatic carbocycles. The highest BCUT2D eigenvalue weighted by Crippen LogP contribution is 2.22. The van der Waals surface area contributed by atoms with E-state index in [2.05, 4.69) is 13.8 Å². The predicted octanol–water partition coefficient (Wildman–Crippen LogP) is 11.6. The van der Waals surface area contributed by atoms with E-state index in [9.17, 15) is 5.11 Å². The van der Waals surface area contributed by atoms with Gasteiger partial charge in [0.15, 0.2) is 0 Å². The van der Waals surface area contributed by atoms with Crippen LogP contribution in [0.15, 0.2) is 0 Å². The van der Waals surface area contributed by atoms with Crippen molar-refractivity contribution in [3.05, 3.63) is 0 Å². The van der Waals surface area contributed by atoms with Crippen LogP contribution in [-0.2, 0) is 0 Å². The van der Waals surface area contributed by atoms with Gasteiger partial charge in [-0.25, -0.2) is 0 Å². The van der Waals surface area contributed by atoms with E-state index in [1.807, 2.05) is 0 Å². The summed E-state index contributed by atoms with van der Waals surface area (Å²) < 4.78 is 0. The van der Waals surface area contributed by atoms with Gasteiger partial charge in [-0.1, -0.05) is 187 Å². The van der Waals surface area contributed by atoms with Gasteiger partial charge in [-0.3, -0.25) is 0 Å². The van der Waals surface area contributed by atoms with Gasteiger partial charge in [0.25, 0.3) is 0 Å². The highest BCUT2D eigenvalue weighted by Gasteiger charge is 2.08. The average molecular weight is 467 g/mol. The molecule has 1 unspecified atom stereocenters. The molecule has 0 radical (unpaired) electrons. The second kappa shape index (κ2) is 30.0. The fourth-order valence-electron chi connectivity index (χ4n) is 5.34. The third-order valence-electron chi connectivity index (χ3n) is 7.72. The Labute approximate surface area is 211 Å². The molecule has 0 aromatic rings. The molecule has 200 valence electrons. The van der Waals surface area contributed by atoms with Crippen molar-refractivity contribution in [2.45, 2.75) is 194 Å². The zero-order valence-corrected chi connectivity index (χ0v) is 23.5. The topological polar surface area (TPSA) is 20.2 Å². The molecule has 1 nitrogen and oxygen atoms in total. The van der Waals surface area contributed by atoms with Crippen LogP contribution < -0.4 is 0 Å². The Hall–Kier alpha value is -0.0400. The Morgan fingerprint density at radius 1 is 0.333 bits per heavy atom. The van der Waals surface area contributed by atoms with Crippen molar-refractivity contribution in [3.63, 3.8) is 0 Å². The molecule has 0 saturated carbocycles. The smallest absolute Gasteiger partial charge is 0.0433 e. The molecule has 0 heterocycles. The first-order valence-corrected chi connectivity index (χ1v) is 16.0. The molecule has 1 heteroatoms. The van der Waals surface area contributed by atoms with Crippen LogP contribution in [0.3, 0.4) is 0 Å². The van der Waals surface area contributed by atoms with Gasteiger partial charge in [-0.05, 0) is 12.3 Å². The number of unbranched alkanes of at least 4 members (excludes halogenated alkanes) is 23. The molecule has 0 aliphatic rings. The maximum atomic E-state index is 9.43. The van der Waals surface area contributed by atoms with Gasteiger partial charge in [-0.15, -0.1) is 0 Å². The summed E-state index contributed by atoms with van der Waals surface area (Å²) in [6.07, 6.45) is 39.6. The van der Waals surface area contributed by atoms with E-state index in [1.54, 1.807) is 0 Å². The van der Waals surface area contributed by atoms with Crippen molar-refractivity contribution >= 4 is 0 Å². The van der Waals surface area contributed by atoms with Crippen molar-refractivity contribution < 1.29 is 5.11 Å². The van der Waals surface area contributed by atoms with E-state index in [0.717, 1.165) is 12.3 Å². The largest absolute Gasteiger partial charge is 0.396 e. The Morgan fingerprint density at radius 2 is 0.576 bits per heavy atom. The van der Waals surface area contributed by atoms with Gasteiger partial charge in [0.05, 0.1) is 0 Å². The van der Waals surface area contributed by atoms with Crippen molar-refractivity contribution in [2.24, 2.45) is 5.92 Å². The van der Waals surface area contributed by atoms with Crippen molar-refractivity contribution in [1.82, 2.24) is 0 Å². The normalized spacial score (nSPS) is 12.5. The summed E-state index contributed by atoms with van der Waals surface area (Å²) in [5, 5.41) is 9.43. The first kappa shape index (κ1) is 33.0. The Balaban J connectivity index is 3.37. The molecule has 0 spiro atoms. The summed E-state index contributed by atoms with van der Waals surface area (Å²) in [6.45, 7) is 4.99. The number of aliphatic hydroxyl groups excluding tert-OH is 1. The third-order valence-corrected chi connectivity index (χ3v) is 7.72. The van der Waals surface area contributed by atoms with Crippen LogP contribution in [0.5, 0.6) is 0 Å². The van der Waals surface area contributed by atoms with Crippen LogP contribution in [0.2, 0.25) is 0 Å². The predicted molar refractivity (Wildman–Crippen MR) is 151 cm³/mol. The maximum Gasteiger partial charge on any atom is 0.0433 e.